The lowest BCUT2D eigenvalue weighted by molar-refractivity contribution is 1.10. The minimum atomic E-state index is 0.0754. The van der Waals surface area contributed by atoms with Crippen molar-refractivity contribution < 1.29 is 0 Å². The third kappa shape index (κ3) is 3.29. The molecule has 0 saturated carbocycles. The number of thioether (sulfide) groups is 1. The quantitative estimate of drug-likeness (QED) is 0.555. The van der Waals surface area contributed by atoms with Crippen LogP contribution >= 0.6 is 23.4 Å². The Hall–Kier alpha value is -0.920. The Morgan fingerprint density at radius 2 is 1.44 bits per heavy atom. The molecule has 0 N–H and O–H groups in total. The van der Waals surface area contributed by atoms with Crippen LogP contribution in [0.25, 0.3) is 0 Å². The molecule has 0 bridgehead atoms. The molecule has 0 saturated heterocycles. The summed E-state index contributed by atoms with van der Waals surface area (Å²) in [5, 5.41) is 0.0754. The summed E-state index contributed by atoms with van der Waals surface area (Å²) in [4.78, 5) is 1.27. The molecule has 0 aliphatic rings. The average Bonchev–Trinajstić information content (AvgIpc) is 2.38. The van der Waals surface area contributed by atoms with Gasteiger partial charge in [0, 0.05) is 10.6 Å². The summed E-state index contributed by atoms with van der Waals surface area (Å²) in [7, 11) is 0. The number of alkyl halides is 1. The van der Waals surface area contributed by atoms with Crippen LogP contribution < -0.4 is 0 Å². The van der Waals surface area contributed by atoms with Crippen molar-refractivity contribution in [3.05, 3.63) is 66.2 Å². The van der Waals surface area contributed by atoms with Gasteiger partial charge in [0.15, 0.2) is 0 Å². The van der Waals surface area contributed by atoms with Crippen molar-refractivity contribution >= 4 is 23.4 Å². The highest BCUT2D eigenvalue weighted by Crippen LogP contribution is 2.28. The van der Waals surface area contributed by atoms with Gasteiger partial charge in [0.1, 0.15) is 0 Å². The molecule has 0 aromatic heterocycles. The van der Waals surface area contributed by atoms with Crippen molar-refractivity contribution in [1.82, 2.24) is 0 Å². The number of hydrogen-bond donors (Lipinski definition) is 0. The van der Waals surface area contributed by atoms with Crippen molar-refractivity contribution in [2.75, 3.05) is 5.75 Å². The molecule has 2 aromatic carbocycles. The lowest BCUT2D eigenvalue weighted by Crippen LogP contribution is -1.92. The standard InChI is InChI=1S/C14H13ClS/c15-14(12-7-3-1-4-8-12)11-16-13-9-5-2-6-10-13/h1-10,14H,11H2. The predicted molar refractivity (Wildman–Crippen MR) is 72.2 cm³/mol. The van der Waals surface area contributed by atoms with Gasteiger partial charge in [-0.2, -0.15) is 0 Å². The second kappa shape index (κ2) is 5.97. The van der Waals surface area contributed by atoms with Gasteiger partial charge < -0.3 is 0 Å². The first kappa shape index (κ1) is 11.6. The van der Waals surface area contributed by atoms with E-state index in [9.17, 15) is 0 Å². The van der Waals surface area contributed by atoms with Crippen molar-refractivity contribution in [3.63, 3.8) is 0 Å². The fourth-order valence-electron chi connectivity index (χ4n) is 1.44. The van der Waals surface area contributed by atoms with Gasteiger partial charge in [-0.15, -0.1) is 23.4 Å². The van der Waals surface area contributed by atoms with Crippen LogP contribution in [0.4, 0.5) is 0 Å². The molecule has 2 rings (SSSR count). The third-order valence-electron chi connectivity index (χ3n) is 2.30. The zero-order valence-electron chi connectivity index (χ0n) is 8.84. The molecule has 2 aromatic rings. The van der Waals surface area contributed by atoms with Crippen LogP contribution in [0.5, 0.6) is 0 Å². The van der Waals surface area contributed by atoms with Crippen molar-refractivity contribution in [2.45, 2.75) is 10.3 Å². The van der Waals surface area contributed by atoms with Gasteiger partial charge in [0.25, 0.3) is 0 Å². The monoisotopic (exact) mass is 248 g/mol. The van der Waals surface area contributed by atoms with Gasteiger partial charge in [-0.25, -0.2) is 0 Å². The van der Waals surface area contributed by atoms with Crippen LogP contribution in [-0.4, -0.2) is 5.75 Å². The SMILES string of the molecule is ClC(CSc1ccccc1)c1ccccc1. The second-order valence-corrected chi connectivity index (χ2v) is 5.12. The van der Waals surface area contributed by atoms with E-state index in [0.717, 1.165) is 5.75 Å². The number of hydrogen-bond acceptors (Lipinski definition) is 1. The Bertz CT molecular complexity index is 413. The Morgan fingerprint density at radius 1 is 0.875 bits per heavy atom. The van der Waals surface area contributed by atoms with Crippen LogP contribution in [0.15, 0.2) is 65.6 Å². The van der Waals surface area contributed by atoms with Crippen molar-refractivity contribution in [2.24, 2.45) is 0 Å². The molecule has 1 atom stereocenters. The molecular weight excluding hydrogens is 236 g/mol. The van der Waals surface area contributed by atoms with Crippen molar-refractivity contribution in [1.29, 1.82) is 0 Å². The predicted octanol–water partition coefficient (Wildman–Crippen LogP) is 4.76. The Morgan fingerprint density at radius 3 is 2.06 bits per heavy atom. The highest BCUT2D eigenvalue weighted by atomic mass is 35.5. The smallest absolute Gasteiger partial charge is 0.0679 e. The molecule has 0 heterocycles. The summed E-state index contributed by atoms with van der Waals surface area (Å²) in [5.41, 5.74) is 1.19. The first-order valence-electron chi connectivity index (χ1n) is 5.23. The van der Waals surface area contributed by atoms with Crippen LogP contribution in [0.3, 0.4) is 0 Å². The van der Waals surface area contributed by atoms with E-state index in [0.29, 0.717) is 0 Å². The van der Waals surface area contributed by atoms with Crippen LogP contribution in [-0.2, 0) is 0 Å². The first-order valence-corrected chi connectivity index (χ1v) is 6.65. The van der Waals surface area contributed by atoms with E-state index >= 15 is 0 Å². The van der Waals surface area contributed by atoms with Crippen LogP contribution in [0, 0.1) is 0 Å². The zero-order valence-corrected chi connectivity index (χ0v) is 10.4. The molecule has 0 aliphatic heterocycles. The van der Waals surface area contributed by atoms with Gasteiger partial charge >= 0.3 is 0 Å². The van der Waals surface area contributed by atoms with E-state index in [1.807, 2.05) is 36.4 Å². The molecule has 16 heavy (non-hydrogen) atoms. The lowest BCUT2D eigenvalue weighted by Gasteiger charge is -2.09. The van der Waals surface area contributed by atoms with Gasteiger partial charge in [-0.3, -0.25) is 0 Å². The summed E-state index contributed by atoms with van der Waals surface area (Å²) in [6.07, 6.45) is 0. The van der Waals surface area contributed by atoms with Crippen molar-refractivity contribution in [3.8, 4) is 0 Å². The molecule has 0 amide bonds. The molecule has 2 heteroatoms. The largest absolute Gasteiger partial charge is 0.124 e. The number of rotatable bonds is 4. The molecule has 0 nitrogen and oxygen atoms in total. The maximum absolute atomic E-state index is 6.34. The summed E-state index contributed by atoms with van der Waals surface area (Å²) < 4.78 is 0. The highest BCUT2D eigenvalue weighted by Gasteiger charge is 2.07. The van der Waals surface area contributed by atoms with E-state index < -0.39 is 0 Å². The highest BCUT2D eigenvalue weighted by molar-refractivity contribution is 7.99. The van der Waals surface area contributed by atoms with E-state index in [1.54, 1.807) is 11.8 Å². The molecule has 0 spiro atoms. The Balaban J connectivity index is 1.92. The molecule has 1 unspecified atom stereocenters. The average molecular weight is 249 g/mol. The normalized spacial score (nSPS) is 12.3. The minimum Gasteiger partial charge on any atom is -0.124 e. The fourth-order valence-corrected chi connectivity index (χ4v) is 2.66. The van der Waals surface area contributed by atoms with Crippen LogP contribution in [0.1, 0.15) is 10.9 Å². The van der Waals surface area contributed by atoms with E-state index in [4.69, 9.17) is 11.6 Å². The second-order valence-electron chi connectivity index (χ2n) is 3.50. The topological polar surface area (TPSA) is 0 Å². The fraction of sp³-hybridized carbons (Fsp3) is 0.143. The lowest BCUT2D eigenvalue weighted by atomic mass is 10.2. The van der Waals surface area contributed by atoms with E-state index in [2.05, 4.69) is 24.3 Å². The van der Waals surface area contributed by atoms with E-state index in [1.165, 1.54) is 10.5 Å². The van der Waals surface area contributed by atoms with Gasteiger partial charge in [0.2, 0.25) is 0 Å². The molecule has 0 fully saturated rings. The van der Waals surface area contributed by atoms with Gasteiger partial charge in [-0.1, -0.05) is 48.5 Å². The third-order valence-corrected chi connectivity index (χ3v) is 4.00. The maximum Gasteiger partial charge on any atom is 0.0679 e. The Kier molecular flexibility index (Phi) is 4.32. The summed E-state index contributed by atoms with van der Waals surface area (Å²) in [6, 6.07) is 20.6. The van der Waals surface area contributed by atoms with Gasteiger partial charge in [-0.05, 0) is 17.7 Å². The minimum absolute atomic E-state index is 0.0754. The zero-order chi connectivity index (χ0) is 11.2. The summed E-state index contributed by atoms with van der Waals surface area (Å²) in [5.74, 6) is 0.898. The van der Waals surface area contributed by atoms with E-state index in [-0.39, 0.29) is 5.38 Å². The molecule has 82 valence electrons. The Labute approximate surface area is 106 Å². The maximum atomic E-state index is 6.34. The first-order chi connectivity index (χ1) is 7.86. The molecule has 0 radical (unpaired) electrons. The molecular formula is C14H13ClS. The van der Waals surface area contributed by atoms with Crippen LogP contribution in [0.2, 0.25) is 0 Å². The molecule has 0 aliphatic carbocycles. The van der Waals surface area contributed by atoms with Gasteiger partial charge in [0.05, 0.1) is 5.38 Å². The summed E-state index contributed by atoms with van der Waals surface area (Å²) >= 11 is 8.13. The summed E-state index contributed by atoms with van der Waals surface area (Å²) in [6.45, 7) is 0. The number of halogens is 1. The number of benzene rings is 2.